The van der Waals surface area contributed by atoms with Crippen LogP contribution in [0.3, 0.4) is 0 Å². The largest absolute Gasteiger partial charge is 0.300 e. The van der Waals surface area contributed by atoms with Crippen molar-refractivity contribution in [3.05, 3.63) is 40.8 Å². The predicted octanol–water partition coefficient (Wildman–Crippen LogP) is 3.22. The number of aliphatic imine (C=N–C) groups is 1. The standard InChI is InChI=1S/C12H7ClN4OS2/c1-6-9(18)14-11(19-6)15-12-17-16-10(20-12)7-2-4-8(13)5-3-7/h2-5H,1H2,(H,14,15,17,18). The third-order valence-electron chi connectivity index (χ3n) is 2.40. The highest BCUT2D eigenvalue weighted by Gasteiger charge is 2.22. The maximum absolute atomic E-state index is 11.3. The fourth-order valence-electron chi connectivity index (χ4n) is 1.46. The molecule has 0 saturated carbocycles. The number of carbonyl (C=O) groups excluding carboxylic acids is 1. The van der Waals surface area contributed by atoms with Gasteiger partial charge in [0, 0.05) is 10.6 Å². The molecule has 1 amide bonds. The molecule has 1 aromatic heterocycles. The third-order valence-corrected chi connectivity index (χ3v) is 4.33. The molecule has 0 bridgehead atoms. The Hall–Kier alpha value is -1.70. The molecule has 0 unspecified atom stereocenters. The fraction of sp³-hybridized carbons (Fsp3) is 0. The number of nitrogens with zero attached hydrogens (tertiary/aromatic N) is 3. The number of thioether (sulfide) groups is 1. The zero-order valence-corrected chi connectivity index (χ0v) is 12.3. The molecule has 2 heterocycles. The van der Waals surface area contributed by atoms with E-state index < -0.39 is 0 Å². The lowest BCUT2D eigenvalue weighted by molar-refractivity contribution is -0.115. The molecule has 5 nitrogen and oxygen atoms in total. The molecule has 0 radical (unpaired) electrons. The Bertz CT molecular complexity index is 705. The Morgan fingerprint density at radius 1 is 1.25 bits per heavy atom. The maximum atomic E-state index is 11.3. The summed E-state index contributed by atoms with van der Waals surface area (Å²) < 4.78 is 0. The Morgan fingerprint density at radius 2 is 2.00 bits per heavy atom. The van der Waals surface area contributed by atoms with Gasteiger partial charge in [-0.25, -0.2) is 0 Å². The van der Waals surface area contributed by atoms with E-state index in [9.17, 15) is 4.79 Å². The molecule has 1 aliphatic heterocycles. The fourth-order valence-corrected chi connectivity index (χ4v) is 3.03. The van der Waals surface area contributed by atoms with Crippen LogP contribution < -0.4 is 5.32 Å². The number of amides is 1. The van der Waals surface area contributed by atoms with Crippen LogP contribution in [-0.4, -0.2) is 21.3 Å². The SMILES string of the molecule is C=C1S/C(=N\c2nnc(-c3ccc(Cl)cc3)s2)NC1=O. The first-order valence-corrected chi connectivity index (χ1v) is 7.49. The number of nitrogens with one attached hydrogen (secondary N) is 1. The predicted molar refractivity (Wildman–Crippen MR) is 82.3 cm³/mol. The van der Waals surface area contributed by atoms with E-state index in [1.165, 1.54) is 23.1 Å². The number of hydrogen-bond donors (Lipinski definition) is 1. The van der Waals surface area contributed by atoms with E-state index in [0.29, 0.717) is 20.2 Å². The van der Waals surface area contributed by atoms with Crippen molar-refractivity contribution in [2.45, 2.75) is 0 Å². The molecule has 3 rings (SSSR count). The van der Waals surface area contributed by atoms with E-state index in [2.05, 4.69) is 27.1 Å². The van der Waals surface area contributed by atoms with E-state index in [4.69, 9.17) is 11.6 Å². The smallest absolute Gasteiger partial charge is 0.263 e. The Labute approximate surface area is 127 Å². The topological polar surface area (TPSA) is 67.2 Å². The molecular weight excluding hydrogens is 316 g/mol. The number of rotatable bonds is 2. The van der Waals surface area contributed by atoms with Crippen molar-refractivity contribution in [3.8, 4) is 10.6 Å². The molecule has 1 saturated heterocycles. The first-order valence-electron chi connectivity index (χ1n) is 5.48. The minimum atomic E-state index is -0.226. The average molecular weight is 323 g/mol. The zero-order valence-electron chi connectivity index (χ0n) is 9.96. The van der Waals surface area contributed by atoms with Gasteiger partial charge in [-0.3, -0.25) is 4.79 Å². The summed E-state index contributed by atoms with van der Waals surface area (Å²) in [5.41, 5.74) is 0.922. The molecule has 2 aromatic rings. The summed E-state index contributed by atoms with van der Waals surface area (Å²) in [6.45, 7) is 3.61. The van der Waals surface area contributed by atoms with Crippen LogP contribution in [0.2, 0.25) is 5.02 Å². The van der Waals surface area contributed by atoms with E-state index in [1.54, 1.807) is 12.1 Å². The first-order chi connectivity index (χ1) is 9.61. The highest BCUT2D eigenvalue weighted by molar-refractivity contribution is 8.18. The first kappa shape index (κ1) is 13.3. The monoisotopic (exact) mass is 322 g/mol. The van der Waals surface area contributed by atoms with E-state index in [-0.39, 0.29) is 5.91 Å². The molecule has 1 N–H and O–H groups in total. The van der Waals surface area contributed by atoms with Crippen LogP contribution in [0.15, 0.2) is 40.7 Å². The molecule has 1 fully saturated rings. The van der Waals surface area contributed by atoms with Gasteiger partial charge >= 0.3 is 0 Å². The van der Waals surface area contributed by atoms with Gasteiger partial charge in [0.25, 0.3) is 5.91 Å². The average Bonchev–Trinajstić information content (AvgIpc) is 2.99. The van der Waals surface area contributed by atoms with Crippen LogP contribution in [0.25, 0.3) is 10.6 Å². The van der Waals surface area contributed by atoms with Crippen LogP contribution in [-0.2, 0) is 4.79 Å². The summed E-state index contributed by atoms with van der Waals surface area (Å²) >= 11 is 8.37. The van der Waals surface area contributed by atoms with E-state index in [0.717, 1.165) is 10.6 Å². The van der Waals surface area contributed by atoms with Gasteiger partial charge in [-0.2, -0.15) is 4.99 Å². The van der Waals surface area contributed by atoms with E-state index in [1.807, 2.05) is 12.1 Å². The molecular formula is C12H7ClN4OS2. The Morgan fingerprint density at radius 3 is 2.65 bits per heavy atom. The number of aromatic nitrogens is 2. The molecule has 0 aliphatic carbocycles. The van der Waals surface area contributed by atoms with Gasteiger partial charge in [0.15, 0.2) is 5.17 Å². The summed E-state index contributed by atoms with van der Waals surface area (Å²) in [5.74, 6) is -0.226. The quantitative estimate of drug-likeness (QED) is 0.862. The summed E-state index contributed by atoms with van der Waals surface area (Å²) in [6, 6.07) is 7.32. The van der Waals surface area contributed by atoms with Gasteiger partial charge in [0.2, 0.25) is 5.13 Å². The highest BCUT2D eigenvalue weighted by atomic mass is 35.5. The van der Waals surface area contributed by atoms with Gasteiger partial charge < -0.3 is 5.32 Å². The van der Waals surface area contributed by atoms with Crippen molar-refractivity contribution in [2.75, 3.05) is 0 Å². The lowest BCUT2D eigenvalue weighted by Crippen LogP contribution is -2.19. The van der Waals surface area contributed by atoms with E-state index >= 15 is 0 Å². The normalized spacial score (nSPS) is 16.8. The molecule has 20 heavy (non-hydrogen) atoms. The molecule has 0 spiro atoms. The number of hydrogen-bond acceptors (Lipinski definition) is 6. The lowest BCUT2D eigenvalue weighted by Gasteiger charge is -1.93. The third kappa shape index (κ3) is 2.74. The summed E-state index contributed by atoms with van der Waals surface area (Å²) in [7, 11) is 0. The maximum Gasteiger partial charge on any atom is 0.263 e. The second-order valence-electron chi connectivity index (χ2n) is 3.79. The second-order valence-corrected chi connectivity index (χ2v) is 6.27. The summed E-state index contributed by atoms with van der Waals surface area (Å²) in [4.78, 5) is 15.9. The van der Waals surface area contributed by atoms with Crippen molar-refractivity contribution in [2.24, 2.45) is 4.99 Å². The van der Waals surface area contributed by atoms with Crippen molar-refractivity contribution >= 4 is 50.9 Å². The Kier molecular flexibility index (Phi) is 3.56. The van der Waals surface area contributed by atoms with Crippen LogP contribution in [0.1, 0.15) is 0 Å². The van der Waals surface area contributed by atoms with Crippen molar-refractivity contribution in [1.29, 1.82) is 0 Å². The molecule has 0 atom stereocenters. The molecule has 1 aromatic carbocycles. The summed E-state index contributed by atoms with van der Waals surface area (Å²) in [6.07, 6.45) is 0. The van der Waals surface area contributed by atoms with Crippen molar-refractivity contribution in [1.82, 2.24) is 15.5 Å². The lowest BCUT2D eigenvalue weighted by atomic mass is 10.2. The van der Waals surface area contributed by atoms with Crippen molar-refractivity contribution in [3.63, 3.8) is 0 Å². The van der Waals surface area contributed by atoms with Gasteiger partial charge in [0.1, 0.15) is 5.01 Å². The molecule has 100 valence electrons. The van der Waals surface area contributed by atoms with Gasteiger partial charge in [-0.15, -0.1) is 10.2 Å². The molecule has 8 heteroatoms. The number of halogens is 1. The number of carbonyl (C=O) groups is 1. The van der Waals surface area contributed by atoms with Crippen molar-refractivity contribution < 1.29 is 4.79 Å². The van der Waals surface area contributed by atoms with Gasteiger partial charge in [-0.05, 0) is 23.9 Å². The van der Waals surface area contributed by atoms with Crippen LogP contribution in [0.4, 0.5) is 5.13 Å². The number of amidine groups is 1. The van der Waals surface area contributed by atoms with Gasteiger partial charge in [-0.1, -0.05) is 41.6 Å². The zero-order chi connectivity index (χ0) is 14.1. The Balaban J connectivity index is 1.84. The van der Waals surface area contributed by atoms with Crippen LogP contribution in [0, 0.1) is 0 Å². The summed E-state index contributed by atoms with van der Waals surface area (Å²) in [5, 5.41) is 13.0. The number of benzene rings is 1. The minimum absolute atomic E-state index is 0.226. The highest BCUT2D eigenvalue weighted by Crippen LogP contribution is 2.30. The van der Waals surface area contributed by atoms with Crippen LogP contribution in [0.5, 0.6) is 0 Å². The molecule has 1 aliphatic rings. The van der Waals surface area contributed by atoms with Crippen LogP contribution >= 0.6 is 34.7 Å². The van der Waals surface area contributed by atoms with Gasteiger partial charge in [0.05, 0.1) is 4.91 Å². The second kappa shape index (κ2) is 5.35. The minimum Gasteiger partial charge on any atom is -0.300 e.